The van der Waals surface area contributed by atoms with Crippen LogP contribution < -0.4 is 24.2 Å². The molecule has 0 aromatic heterocycles. The third-order valence-electron chi connectivity index (χ3n) is 4.29. The van der Waals surface area contributed by atoms with Crippen molar-refractivity contribution in [2.75, 3.05) is 47.6 Å². The number of sulfonamides is 1. The van der Waals surface area contributed by atoms with E-state index >= 15 is 0 Å². The summed E-state index contributed by atoms with van der Waals surface area (Å²) in [6.45, 7) is 0.716. The predicted molar refractivity (Wildman–Crippen MR) is 115 cm³/mol. The van der Waals surface area contributed by atoms with E-state index in [0.29, 0.717) is 30.2 Å². The Morgan fingerprint density at radius 1 is 0.935 bits per heavy atom. The molecule has 2 aromatic rings. The average molecular weight is 453 g/mol. The van der Waals surface area contributed by atoms with E-state index in [1.807, 2.05) is 18.2 Å². The zero-order valence-corrected chi connectivity index (χ0v) is 18.7. The molecule has 0 radical (unpaired) electrons. The van der Waals surface area contributed by atoms with Crippen LogP contribution in [-0.4, -0.2) is 62.0 Å². The van der Waals surface area contributed by atoms with E-state index in [4.69, 9.17) is 18.9 Å². The SMILES string of the molecule is COCCNS(=O)(=O)c1ccc(OCC(=O)NCCc2ccc(OC)c(OC)c2)cc1. The molecule has 0 saturated heterocycles. The Bertz CT molecular complexity index is 947. The van der Waals surface area contributed by atoms with Crippen LogP contribution in [0.3, 0.4) is 0 Å². The van der Waals surface area contributed by atoms with Crippen molar-refractivity contribution in [2.24, 2.45) is 0 Å². The monoisotopic (exact) mass is 452 g/mol. The standard InChI is InChI=1S/C21H28N2O7S/c1-27-13-12-23-31(25,26)18-7-5-17(6-8-18)30-15-21(24)22-11-10-16-4-9-19(28-2)20(14-16)29-3/h4-9,14,23H,10-13,15H2,1-3H3,(H,22,24). The van der Waals surface area contributed by atoms with Crippen molar-refractivity contribution in [3.05, 3.63) is 48.0 Å². The fourth-order valence-electron chi connectivity index (χ4n) is 2.66. The molecule has 10 heteroatoms. The van der Waals surface area contributed by atoms with Crippen molar-refractivity contribution in [1.82, 2.24) is 10.0 Å². The summed E-state index contributed by atoms with van der Waals surface area (Å²) in [5.41, 5.74) is 0.995. The number of carbonyl (C=O) groups is 1. The van der Waals surface area contributed by atoms with E-state index in [-0.39, 0.29) is 30.6 Å². The van der Waals surface area contributed by atoms with Crippen molar-refractivity contribution in [3.8, 4) is 17.2 Å². The highest BCUT2D eigenvalue weighted by Crippen LogP contribution is 2.27. The van der Waals surface area contributed by atoms with Gasteiger partial charge in [0.2, 0.25) is 10.0 Å². The Kier molecular flexibility index (Phi) is 9.57. The maximum absolute atomic E-state index is 12.1. The van der Waals surface area contributed by atoms with Crippen LogP contribution >= 0.6 is 0 Å². The van der Waals surface area contributed by atoms with Gasteiger partial charge in [-0.05, 0) is 48.4 Å². The summed E-state index contributed by atoms with van der Waals surface area (Å²) in [7, 11) is 1.03. The summed E-state index contributed by atoms with van der Waals surface area (Å²) in [6.07, 6.45) is 0.620. The van der Waals surface area contributed by atoms with E-state index < -0.39 is 10.0 Å². The summed E-state index contributed by atoms with van der Waals surface area (Å²) in [4.78, 5) is 12.1. The van der Waals surface area contributed by atoms with Gasteiger partial charge >= 0.3 is 0 Å². The molecule has 9 nitrogen and oxygen atoms in total. The van der Waals surface area contributed by atoms with Crippen LogP contribution in [0.5, 0.6) is 17.2 Å². The summed E-state index contributed by atoms with van der Waals surface area (Å²) < 4.78 is 47.4. The third kappa shape index (κ3) is 7.74. The van der Waals surface area contributed by atoms with Crippen molar-refractivity contribution in [1.29, 1.82) is 0 Å². The first-order valence-corrected chi connectivity index (χ1v) is 11.1. The van der Waals surface area contributed by atoms with Gasteiger partial charge in [0.1, 0.15) is 5.75 Å². The Morgan fingerprint density at radius 2 is 1.65 bits per heavy atom. The Labute approximate surface area is 182 Å². The lowest BCUT2D eigenvalue weighted by molar-refractivity contribution is -0.123. The van der Waals surface area contributed by atoms with Crippen molar-refractivity contribution in [2.45, 2.75) is 11.3 Å². The molecule has 0 heterocycles. The summed E-state index contributed by atoms with van der Waals surface area (Å²) in [5.74, 6) is 1.39. The van der Waals surface area contributed by atoms with E-state index in [1.54, 1.807) is 14.2 Å². The van der Waals surface area contributed by atoms with Crippen LogP contribution in [0.2, 0.25) is 0 Å². The topological polar surface area (TPSA) is 112 Å². The summed E-state index contributed by atoms with van der Waals surface area (Å²) in [5, 5.41) is 2.78. The van der Waals surface area contributed by atoms with E-state index in [2.05, 4.69) is 10.0 Å². The van der Waals surface area contributed by atoms with Crippen LogP contribution in [0.15, 0.2) is 47.4 Å². The molecule has 1 amide bonds. The largest absolute Gasteiger partial charge is 0.493 e. The van der Waals surface area contributed by atoms with Crippen molar-refractivity contribution >= 4 is 15.9 Å². The summed E-state index contributed by atoms with van der Waals surface area (Å²) >= 11 is 0. The second kappa shape index (κ2) is 12.1. The van der Waals surface area contributed by atoms with Gasteiger partial charge in [-0.1, -0.05) is 6.07 Å². The lowest BCUT2D eigenvalue weighted by Crippen LogP contribution is -2.30. The number of benzene rings is 2. The number of amides is 1. The van der Waals surface area contributed by atoms with Crippen LogP contribution in [0.25, 0.3) is 0 Å². The van der Waals surface area contributed by atoms with Gasteiger partial charge in [-0.15, -0.1) is 0 Å². The number of hydrogen-bond donors (Lipinski definition) is 2. The molecule has 0 aliphatic rings. The number of carbonyl (C=O) groups excluding carboxylic acids is 1. The van der Waals surface area contributed by atoms with Crippen molar-refractivity contribution in [3.63, 3.8) is 0 Å². The molecule has 0 aliphatic carbocycles. The first-order valence-electron chi connectivity index (χ1n) is 9.58. The van der Waals surface area contributed by atoms with Crippen LogP contribution in [0.4, 0.5) is 0 Å². The maximum atomic E-state index is 12.1. The van der Waals surface area contributed by atoms with Gasteiger partial charge in [0.05, 0.1) is 25.7 Å². The second-order valence-corrected chi connectivity index (χ2v) is 8.21. The zero-order chi connectivity index (χ0) is 22.7. The Hall–Kier alpha value is -2.82. The van der Waals surface area contributed by atoms with Gasteiger partial charge in [-0.25, -0.2) is 13.1 Å². The zero-order valence-electron chi connectivity index (χ0n) is 17.8. The minimum absolute atomic E-state index is 0.107. The Morgan fingerprint density at radius 3 is 2.29 bits per heavy atom. The molecule has 0 unspecified atom stereocenters. The van der Waals surface area contributed by atoms with Crippen LogP contribution in [-0.2, 0) is 26.0 Å². The number of ether oxygens (including phenoxy) is 4. The van der Waals surface area contributed by atoms with E-state index in [0.717, 1.165) is 5.56 Å². The lowest BCUT2D eigenvalue weighted by Gasteiger charge is -2.11. The van der Waals surface area contributed by atoms with Crippen LogP contribution in [0, 0.1) is 0 Å². The quantitative estimate of drug-likeness (QED) is 0.442. The smallest absolute Gasteiger partial charge is 0.257 e. The van der Waals surface area contributed by atoms with Gasteiger partial charge < -0.3 is 24.3 Å². The number of methoxy groups -OCH3 is 3. The molecule has 0 aliphatic heterocycles. The molecule has 0 atom stereocenters. The Balaban J connectivity index is 1.77. The minimum Gasteiger partial charge on any atom is -0.493 e. The number of rotatable bonds is 13. The second-order valence-electron chi connectivity index (χ2n) is 6.44. The highest BCUT2D eigenvalue weighted by Gasteiger charge is 2.13. The predicted octanol–water partition coefficient (Wildman–Crippen LogP) is 1.37. The van der Waals surface area contributed by atoms with Gasteiger partial charge in [0.15, 0.2) is 18.1 Å². The van der Waals surface area contributed by atoms with Gasteiger partial charge in [-0.2, -0.15) is 0 Å². The molecule has 0 spiro atoms. The number of hydrogen-bond acceptors (Lipinski definition) is 7. The molecule has 0 bridgehead atoms. The maximum Gasteiger partial charge on any atom is 0.257 e. The lowest BCUT2D eigenvalue weighted by atomic mass is 10.1. The van der Waals surface area contributed by atoms with Crippen LogP contribution in [0.1, 0.15) is 5.56 Å². The molecule has 0 saturated carbocycles. The molecule has 0 fully saturated rings. The van der Waals surface area contributed by atoms with Crippen molar-refractivity contribution < 1.29 is 32.2 Å². The third-order valence-corrected chi connectivity index (χ3v) is 5.76. The molecular formula is C21H28N2O7S. The molecule has 2 N–H and O–H groups in total. The van der Waals surface area contributed by atoms with Gasteiger partial charge in [0, 0.05) is 20.2 Å². The molecule has 170 valence electrons. The number of nitrogens with one attached hydrogen (secondary N) is 2. The first kappa shape index (κ1) is 24.4. The summed E-state index contributed by atoms with van der Waals surface area (Å²) in [6, 6.07) is 11.4. The fourth-order valence-corrected chi connectivity index (χ4v) is 3.67. The minimum atomic E-state index is -3.61. The fraction of sp³-hybridized carbons (Fsp3) is 0.381. The van der Waals surface area contributed by atoms with E-state index in [9.17, 15) is 13.2 Å². The molecular weight excluding hydrogens is 424 g/mol. The average Bonchev–Trinajstić information content (AvgIpc) is 2.78. The molecule has 31 heavy (non-hydrogen) atoms. The van der Waals surface area contributed by atoms with Gasteiger partial charge in [-0.3, -0.25) is 4.79 Å². The first-order chi connectivity index (χ1) is 14.9. The van der Waals surface area contributed by atoms with Gasteiger partial charge in [0.25, 0.3) is 5.91 Å². The molecule has 2 aromatic carbocycles. The van der Waals surface area contributed by atoms with E-state index in [1.165, 1.54) is 31.4 Å². The highest BCUT2D eigenvalue weighted by atomic mass is 32.2. The molecule has 2 rings (SSSR count). The normalized spacial score (nSPS) is 11.1. The highest BCUT2D eigenvalue weighted by molar-refractivity contribution is 7.89.